The van der Waals surface area contributed by atoms with Gasteiger partial charge < -0.3 is 4.74 Å². The number of benzene rings is 2. The number of allylic oxidation sites excluding steroid dienone is 1. The average molecular weight is 372 g/mol. The van der Waals surface area contributed by atoms with Gasteiger partial charge in [0.15, 0.2) is 5.78 Å². The minimum absolute atomic E-state index is 0.0826. The Balaban J connectivity index is 2.17. The highest BCUT2D eigenvalue weighted by atomic mass is 32.2. The zero-order chi connectivity index (χ0) is 19.1. The SMILES string of the molecule is C=C(C)C(=O)c1cc(OC(CC)S(=O)(=O)O)c2c(c1)-c1ccccc1C2. The molecule has 0 aromatic heterocycles. The van der Waals surface area contributed by atoms with Crippen molar-refractivity contribution in [3.63, 3.8) is 0 Å². The minimum Gasteiger partial charge on any atom is -0.472 e. The standard InChI is InChI=1S/C20H20O5S/c1-4-19(26(22,23)24)25-18-11-14(20(21)12(2)3)10-16-15-8-6-5-7-13(15)9-17(16)18/h5-8,10-11,19H,2,4,9H2,1,3H3,(H,22,23,24). The Hall–Kier alpha value is -2.44. The fourth-order valence-corrected chi connectivity index (χ4v) is 3.82. The van der Waals surface area contributed by atoms with E-state index in [1.54, 1.807) is 19.9 Å². The lowest BCUT2D eigenvalue weighted by Gasteiger charge is -2.18. The van der Waals surface area contributed by atoms with Crippen LogP contribution in [0.5, 0.6) is 5.75 Å². The second-order valence-electron chi connectivity index (χ2n) is 6.41. The first-order chi connectivity index (χ1) is 12.2. The molecule has 1 atom stereocenters. The Kier molecular flexibility index (Phi) is 4.73. The van der Waals surface area contributed by atoms with Crippen molar-refractivity contribution < 1.29 is 22.5 Å². The van der Waals surface area contributed by atoms with Crippen LogP contribution in [0.15, 0.2) is 48.6 Å². The summed E-state index contributed by atoms with van der Waals surface area (Å²) < 4.78 is 38.2. The monoisotopic (exact) mass is 372 g/mol. The van der Waals surface area contributed by atoms with Crippen LogP contribution in [0.3, 0.4) is 0 Å². The van der Waals surface area contributed by atoms with Gasteiger partial charge in [-0.3, -0.25) is 9.35 Å². The van der Waals surface area contributed by atoms with E-state index in [1.807, 2.05) is 24.3 Å². The maximum atomic E-state index is 12.4. The third kappa shape index (κ3) is 3.30. The molecule has 0 saturated carbocycles. The lowest BCUT2D eigenvalue weighted by Crippen LogP contribution is -2.26. The van der Waals surface area contributed by atoms with Gasteiger partial charge in [-0.15, -0.1) is 0 Å². The number of Topliss-reactive ketones (excluding diaryl/α,β-unsaturated/α-hetero) is 1. The molecule has 1 aliphatic carbocycles. The lowest BCUT2D eigenvalue weighted by molar-refractivity contribution is 0.103. The molecule has 26 heavy (non-hydrogen) atoms. The minimum atomic E-state index is -4.37. The first-order valence-electron chi connectivity index (χ1n) is 8.30. The quantitative estimate of drug-likeness (QED) is 0.401. The van der Waals surface area contributed by atoms with Gasteiger partial charge in [0.05, 0.1) is 0 Å². The predicted octanol–water partition coefficient (Wildman–Crippen LogP) is 4.02. The molecule has 1 aliphatic rings. The van der Waals surface area contributed by atoms with Gasteiger partial charge in [-0.05, 0) is 47.7 Å². The first kappa shape index (κ1) is 18.4. The van der Waals surface area contributed by atoms with Gasteiger partial charge >= 0.3 is 10.1 Å². The van der Waals surface area contributed by atoms with Gasteiger partial charge in [0, 0.05) is 17.5 Å². The summed E-state index contributed by atoms with van der Waals surface area (Å²) in [5.41, 5.74) is 3.10. The fourth-order valence-electron chi connectivity index (χ4n) is 3.17. The normalized spacial score (nSPS) is 13.7. The van der Waals surface area contributed by atoms with Crippen LogP contribution in [-0.4, -0.2) is 24.2 Å². The molecule has 2 aromatic carbocycles. The molecule has 6 heteroatoms. The Labute approximate surface area is 153 Å². The van der Waals surface area contributed by atoms with Gasteiger partial charge in [-0.2, -0.15) is 8.42 Å². The van der Waals surface area contributed by atoms with E-state index in [0.29, 0.717) is 23.3 Å². The van der Waals surface area contributed by atoms with Crippen LogP contribution in [-0.2, 0) is 16.5 Å². The summed E-state index contributed by atoms with van der Waals surface area (Å²) in [5, 5.41) is 0. The van der Waals surface area contributed by atoms with Crippen LogP contribution in [0, 0.1) is 0 Å². The molecule has 1 N–H and O–H groups in total. The smallest absolute Gasteiger partial charge is 0.303 e. The van der Waals surface area contributed by atoms with Gasteiger partial charge in [0.25, 0.3) is 0 Å². The second-order valence-corrected chi connectivity index (χ2v) is 7.97. The van der Waals surface area contributed by atoms with Crippen molar-refractivity contribution in [1.82, 2.24) is 0 Å². The van der Waals surface area contributed by atoms with Crippen molar-refractivity contribution in [2.45, 2.75) is 32.1 Å². The van der Waals surface area contributed by atoms with E-state index in [9.17, 15) is 17.8 Å². The maximum absolute atomic E-state index is 12.4. The largest absolute Gasteiger partial charge is 0.472 e. The molecule has 136 valence electrons. The van der Waals surface area contributed by atoms with E-state index in [0.717, 1.165) is 22.3 Å². The van der Waals surface area contributed by atoms with E-state index in [1.165, 1.54) is 6.07 Å². The molecule has 0 fully saturated rings. The van der Waals surface area contributed by atoms with Crippen LogP contribution in [0.2, 0.25) is 0 Å². The molecule has 0 amide bonds. The summed E-state index contributed by atoms with van der Waals surface area (Å²) in [6.07, 6.45) is 0.656. The van der Waals surface area contributed by atoms with Crippen LogP contribution < -0.4 is 4.74 Å². The van der Waals surface area contributed by atoms with E-state index in [2.05, 4.69) is 6.58 Å². The van der Waals surface area contributed by atoms with Crippen molar-refractivity contribution in [1.29, 1.82) is 0 Å². The van der Waals surface area contributed by atoms with E-state index in [4.69, 9.17) is 4.74 Å². The third-order valence-electron chi connectivity index (χ3n) is 4.46. The number of carbonyl (C=O) groups is 1. The molecule has 0 spiro atoms. The van der Waals surface area contributed by atoms with Crippen LogP contribution >= 0.6 is 0 Å². The topological polar surface area (TPSA) is 80.7 Å². The van der Waals surface area contributed by atoms with Crippen LogP contribution in [0.4, 0.5) is 0 Å². The molecule has 2 aromatic rings. The molecule has 0 heterocycles. The maximum Gasteiger partial charge on any atom is 0.303 e. The average Bonchev–Trinajstić information content (AvgIpc) is 2.96. The number of ether oxygens (including phenoxy) is 1. The molecule has 3 rings (SSSR count). The summed E-state index contributed by atoms with van der Waals surface area (Å²) in [7, 11) is -4.37. The number of ketones is 1. The number of carbonyl (C=O) groups excluding carboxylic acids is 1. The summed E-state index contributed by atoms with van der Waals surface area (Å²) in [6, 6.07) is 11.1. The number of hydrogen-bond acceptors (Lipinski definition) is 4. The lowest BCUT2D eigenvalue weighted by atomic mass is 9.98. The number of fused-ring (bicyclic) bond motifs is 3. The summed E-state index contributed by atoms with van der Waals surface area (Å²) in [6.45, 7) is 6.92. The van der Waals surface area contributed by atoms with Crippen LogP contribution in [0.1, 0.15) is 41.8 Å². The zero-order valence-electron chi connectivity index (χ0n) is 14.7. The van der Waals surface area contributed by atoms with Gasteiger partial charge in [0.1, 0.15) is 5.75 Å². The van der Waals surface area contributed by atoms with Crippen LogP contribution in [0.25, 0.3) is 11.1 Å². The molecular formula is C20H20O5S. The van der Waals surface area contributed by atoms with E-state index < -0.39 is 15.6 Å². The Morgan fingerprint density at radius 2 is 1.96 bits per heavy atom. The van der Waals surface area contributed by atoms with E-state index >= 15 is 0 Å². The Morgan fingerprint density at radius 3 is 2.58 bits per heavy atom. The highest BCUT2D eigenvalue weighted by molar-refractivity contribution is 7.86. The van der Waals surface area contributed by atoms with Crippen molar-refractivity contribution in [2.75, 3.05) is 0 Å². The number of hydrogen-bond donors (Lipinski definition) is 1. The van der Waals surface area contributed by atoms with Gasteiger partial charge in [-0.25, -0.2) is 0 Å². The van der Waals surface area contributed by atoms with Crippen molar-refractivity contribution >= 4 is 15.9 Å². The first-order valence-corrected chi connectivity index (χ1v) is 9.81. The summed E-state index contributed by atoms with van der Waals surface area (Å²) >= 11 is 0. The number of rotatable bonds is 6. The summed E-state index contributed by atoms with van der Waals surface area (Å²) in [4.78, 5) is 12.4. The molecule has 0 radical (unpaired) electrons. The highest BCUT2D eigenvalue weighted by Crippen LogP contribution is 2.42. The van der Waals surface area contributed by atoms with Crippen molar-refractivity contribution in [2.24, 2.45) is 0 Å². The van der Waals surface area contributed by atoms with Gasteiger partial charge in [-0.1, -0.05) is 37.8 Å². The molecule has 0 saturated heterocycles. The zero-order valence-corrected chi connectivity index (χ0v) is 15.5. The molecule has 0 aliphatic heterocycles. The third-order valence-corrected chi connectivity index (χ3v) is 5.55. The highest BCUT2D eigenvalue weighted by Gasteiger charge is 2.29. The molecule has 1 unspecified atom stereocenters. The van der Waals surface area contributed by atoms with Gasteiger partial charge in [0.2, 0.25) is 5.44 Å². The summed E-state index contributed by atoms with van der Waals surface area (Å²) in [5.74, 6) is 0.0645. The predicted molar refractivity (Wildman–Crippen MR) is 100 cm³/mol. The Morgan fingerprint density at radius 1 is 1.27 bits per heavy atom. The molecule has 5 nitrogen and oxygen atoms in total. The van der Waals surface area contributed by atoms with Crippen molar-refractivity contribution in [3.05, 3.63) is 65.2 Å². The van der Waals surface area contributed by atoms with E-state index in [-0.39, 0.29) is 12.2 Å². The second kappa shape index (κ2) is 6.70. The fraction of sp³-hybridized carbons (Fsp3) is 0.250. The molecular weight excluding hydrogens is 352 g/mol. The van der Waals surface area contributed by atoms with Crippen molar-refractivity contribution in [3.8, 4) is 16.9 Å². The molecule has 0 bridgehead atoms. The Bertz CT molecular complexity index is 1000.